The first-order chi connectivity index (χ1) is 8.99. The third-order valence-corrected chi connectivity index (χ3v) is 3.83. The van der Waals surface area contributed by atoms with E-state index in [1.807, 2.05) is 26.8 Å². The van der Waals surface area contributed by atoms with Gasteiger partial charge in [0.15, 0.2) is 0 Å². The van der Waals surface area contributed by atoms with E-state index in [-0.39, 0.29) is 18.4 Å². The highest BCUT2D eigenvalue weighted by Crippen LogP contribution is 2.16. The molecular formula is C14H19BrN2O2. The van der Waals surface area contributed by atoms with Gasteiger partial charge in [-0.15, -0.1) is 0 Å². The molecule has 0 aliphatic heterocycles. The third-order valence-electron chi connectivity index (χ3n) is 2.94. The fourth-order valence-electron chi connectivity index (χ4n) is 1.73. The summed E-state index contributed by atoms with van der Waals surface area (Å²) in [4.78, 5) is 25.4. The van der Waals surface area contributed by atoms with Crippen LogP contribution in [0.15, 0.2) is 22.7 Å². The van der Waals surface area contributed by atoms with Gasteiger partial charge < -0.3 is 10.2 Å². The molecule has 104 valence electrons. The van der Waals surface area contributed by atoms with Crippen molar-refractivity contribution in [3.8, 4) is 0 Å². The average molecular weight is 327 g/mol. The predicted octanol–water partition coefficient (Wildman–Crippen LogP) is 2.36. The van der Waals surface area contributed by atoms with Crippen molar-refractivity contribution in [2.24, 2.45) is 0 Å². The largest absolute Gasteiger partial charge is 0.343 e. The maximum absolute atomic E-state index is 11.9. The summed E-state index contributed by atoms with van der Waals surface area (Å²) in [6, 6.07) is 5.35. The van der Waals surface area contributed by atoms with Gasteiger partial charge in [-0.1, -0.05) is 15.9 Å². The number of amides is 2. The third kappa shape index (κ3) is 4.35. The van der Waals surface area contributed by atoms with E-state index in [9.17, 15) is 9.59 Å². The van der Waals surface area contributed by atoms with Crippen molar-refractivity contribution in [2.75, 3.05) is 19.6 Å². The zero-order valence-corrected chi connectivity index (χ0v) is 13.1. The van der Waals surface area contributed by atoms with Gasteiger partial charge in [0.2, 0.25) is 5.91 Å². The molecule has 0 spiro atoms. The molecule has 0 aliphatic rings. The van der Waals surface area contributed by atoms with Gasteiger partial charge in [0.25, 0.3) is 5.91 Å². The van der Waals surface area contributed by atoms with E-state index in [1.54, 1.807) is 17.0 Å². The van der Waals surface area contributed by atoms with E-state index in [0.29, 0.717) is 18.7 Å². The Morgan fingerprint density at radius 1 is 1.26 bits per heavy atom. The molecule has 5 heteroatoms. The lowest BCUT2D eigenvalue weighted by Crippen LogP contribution is -2.40. The number of nitrogens with zero attached hydrogens (tertiary/aromatic N) is 1. The highest BCUT2D eigenvalue weighted by atomic mass is 79.9. The molecule has 0 saturated heterocycles. The van der Waals surface area contributed by atoms with Crippen molar-refractivity contribution in [1.82, 2.24) is 10.2 Å². The zero-order chi connectivity index (χ0) is 14.4. The van der Waals surface area contributed by atoms with Gasteiger partial charge in [-0.25, -0.2) is 0 Å². The van der Waals surface area contributed by atoms with Crippen LogP contribution in [0.1, 0.15) is 29.8 Å². The standard InChI is InChI=1S/C14H19BrN2O2/c1-4-17(5-2)13(18)9-16-14(19)11-6-7-12(15)10(3)8-11/h6-8H,4-5,9H2,1-3H3,(H,16,19). The summed E-state index contributed by atoms with van der Waals surface area (Å²) in [5.74, 6) is -0.289. The second kappa shape index (κ2) is 7.28. The molecule has 0 atom stereocenters. The van der Waals surface area contributed by atoms with Crippen molar-refractivity contribution < 1.29 is 9.59 Å². The van der Waals surface area contributed by atoms with Crippen molar-refractivity contribution >= 4 is 27.7 Å². The van der Waals surface area contributed by atoms with Crippen molar-refractivity contribution in [3.05, 3.63) is 33.8 Å². The van der Waals surface area contributed by atoms with Crippen LogP contribution < -0.4 is 5.32 Å². The molecule has 0 unspecified atom stereocenters. The fraction of sp³-hybridized carbons (Fsp3) is 0.429. The van der Waals surface area contributed by atoms with Crippen molar-refractivity contribution in [1.29, 1.82) is 0 Å². The Morgan fingerprint density at radius 2 is 1.89 bits per heavy atom. The quantitative estimate of drug-likeness (QED) is 0.903. The number of aryl methyl sites for hydroxylation is 1. The fourth-order valence-corrected chi connectivity index (χ4v) is 1.98. The Balaban J connectivity index is 2.60. The number of likely N-dealkylation sites (N-methyl/N-ethyl adjacent to an activating group) is 1. The van der Waals surface area contributed by atoms with E-state index in [1.165, 1.54) is 0 Å². The highest BCUT2D eigenvalue weighted by molar-refractivity contribution is 9.10. The number of hydrogen-bond acceptors (Lipinski definition) is 2. The first-order valence-corrected chi connectivity index (χ1v) is 7.11. The van der Waals surface area contributed by atoms with Gasteiger partial charge in [0, 0.05) is 23.1 Å². The SMILES string of the molecule is CCN(CC)C(=O)CNC(=O)c1ccc(Br)c(C)c1. The topological polar surface area (TPSA) is 49.4 Å². The minimum atomic E-state index is -0.226. The Labute approximate surface area is 122 Å². The lowest BCUT2D eigenvalue weighted by Gasteiger charge is -2.18. The minimum Gasteiger partial charge on any atom is -0.343 e. The van der Waals surface area contributed by atoms with Gasteiger partial charge in [-0.05, 0) is 44.5 Å². The molecule has 0 bridgehead atoms. The first-order valence-electron chi connectivity index (χ1n) is 6.31. The lowest BCUT2D eigenvalue weighted by molar-refractivity contribution is -0.129. The van der Waals surface area contributed by atoms with Gasteiger partial charge >= 0.3 is 0 Å². The number of benzene rings is 1. The summed E-state index contributed by atoms with van der Waals surface area (Å²) in [5, 5.41) is 2.65. The second-order valence-electron chi connectivity index (χ2n) is 4.21. The molecule has 2 amide bonds. The van der Waals surface area contributed by atoms with Crippen LogP contribution in [0, 0.1) is 6.92 Å². The Bertz CT molecular complexity index is 471. The Morgan fingerprint density at radius 3 is 2.42 bits per heavy atom. The molecule has 0 heterocycles. The number of carbonyl (C=O) groups excluding carboxylic acids is 2. The second-order valence-corrected chi connectivity index (χ2v) is 5.07. The van der Waals surface area contributed by atoms with Gasteiger partial charge in [0.05, 0.1) is 6.54 Å². The van der Waals surface area contributed by atoms with Crippen LogP contribution in [0.25, 0.3) is 0 Å². The van der Waals surface area contributed by atoms with E-state index in [2.05, 4.69) is 21.2 Å². The normalized spacial score (nSPS) is 10.1. The lowest BCUT2D eigenvalue weighted by atomic mass is 10.1. The number of carbonyl (C=O) groups is 2. The molecular weight excluding hydrogens is 308 g/mol. The van der Waals surface area contributed by atoms with E-state index in [0.717, 1.165) is 10.0 Å². The van der Waals surface area contributed by atoms with Gasteiger partial charge in [-0.3, -0.25) is 9.59 Å². The van der Waals surface area contributed by atoms with E-state index < -0.39 is 0 Å². The number of hydrogen-bond donors (Lipinski definition) is 1. The zero-order valence-electron chi connectivity index (χ0n) is 11.5. The van der Waals surface area contributed by atoms with Crippen LogP contribution in [-0.4, -0.2) is 36.3 Å². The van der Waals surface area contributed by atoms with Gasteiger partial charge in [0.1, 0.15) is 0 Å². The number of rotatable bonds is 5. The Kier molecular flexibility index (Phi) is 6.02. The molecule has 0 aromatic heterocycles. The molecule has 19 heavy (non-hydrogen) atoms. The summed E-state index contributed by atoms with van der Waals surface area (Å²) in [5.41, 5.74) is 1.55. The first kappa shape index (κ1) is 15.7. The molecule has 0 fully saturated rings. The molecule has 0 saturated carbocycles. The molecule has 0 aliphatic carbocycles. The minimum absolute atomic E-state index is 0.0373. The Hall–Kier alpha value is -1.36. The summed E-state index contributed by atoms with van der Waals surface area (Å²) in [7, 11) is 0. The number of nitrogens with one attached hydrogen (secondary N) is 1. The van der Waals surface area contributed by atoms with E-state index >= 15 is 0 Å². The van der Waals surface area contributed by atoms with Crippen LogP contribution >= 0.6 is 15.9 Å². The van der Waals surface area contributed by atoms with Crippen LogP contribution in [0.3, 0.4) is 0 Å². The summed E-state index contributed by atoms with van der Waals surface area (Å²) >= 11 is 3.39. The molecule has 4 nitrogen and oxygen atoms in total. The summed E-state index contributed by atoms with van der Waals surface area (Å²) in [6.45, 7) is 7.10. The molecule has 1 aromatic carbocycles. The smallest absolute Gasteiger partial charge is 0.251 e. The van der Waals surface area contributed by atoms with E-state index in [4.69, 9.17) is 0 Å². The maximum Gasteiger partial charge on any atom is 0.251 e. The van der Waals surface area contributed by atoms with Crippen LogP contribution in [-0.2, 0) is 4.79 Å². The average Bonchev–Trinajstić information content (AvgIpc) is 2.40. The number of halogens is 1. The van der Waals surface area contributed by atoms with Crippen molar-refractivity contribution in [3.63, 3.8) is 0 Å². The molecule has 0 radical (unpaired) electrons. The van der Waals surface area contributed by atoms with Gasteiger partial charge in [-0.2, -0.15) is 0 Å². The predicted molar refractivity (Wildman–Crippen MR) is 79.1 cm³/mol. The van der Waals surface area contributed by atoms with Crippen LogP contribution in [0.4, 0.5) is 0 Å². The summed E-state index contributed by atoms with van der Waals surface area (Å²) in [6.07, 6.45) is 0. The molecule has 1 rings (SSSR count). The molecule has 1 N–H and O–H groups in total. The van der Waals surface area contributed by atoms with Crippen LogP contribution in [0.2, 0.25) is 0 Å². The maximum atomic E-state index is 11.9. The van der Waals surface area contributed by atoms with Crippen molar-refractivity contribution in [2.45, 2.75) is 20.8 Å². The highest BCUT2D eigenvalue weighted by Gasteiger charge is 2.12. The monoisotopic (exact) mass is 326 g/mol. The summed E-state index contributed by atoms with van der Waals surface area (Å²) < 4.78 is 0.961. The molecule has 1 aromatic rings. The van der Waals surface area contributed by atoms with Crippen LogP contribution in [0.5, 0.6) is 0 Å².